The van der Waals surface area contributed by atoms with Gasteiger partial charge in [-0.2, -0.15) is 0 Å². The third kappa shape index (κ3) is 21.0. The van der Waals surface area contributed by atoms with Crippen LogP contribution in [0.25, 0.3) is 0 Å². The molecule has 2 N–H and O–H groups in total. The smallest absolute Gasteiger partial charge is 1.00 e. The molecule has 0 bridgehead atoms. The Bertz CT molecular complexity index is 213. The number of hydrogen-bond donors (Lipinski definition) is 2. The van der Waals surface area contributed by atoms with E-state index in [1.807, 2.05) is 0 Å². The molecule has 0 spiro atoms. The van der Waals surface area contributed by atoms with Crippen LogP contribution in [-0.4, -0.2) is 22.2 Å². The van der Waals surface area contributed by atoms with Crippen molar-refractivity contribution >= 4 is 11.9 Å². The topological polar surface area (TPSA) is 74.6 Å². The summed E-state index contributed by atoms with van der Waals surface area (Å²) in [6.07, 6.45) is 11.3. The monoisotopic (exact) mass is 298 g/mol. The maximum absolute atomic E-state index is 10.3. The fourth-order valence-corrected chi connectivity index (χ4v) is 1.97. The molecule has 0 aliphatic rings. The molecule has 0 rings (SSSR count). The number of unbranched alkanes of at least 4 members (excludes halogenated alkanes) is 9. The molecule has 19 heavy (non-hydrogen) atoms. The van der Waals surface area contributed by atoms with Gasteiger partial charge >= 0.3 is 63.3 Å². The zero-order valence-electron chi connectivity index (χ0n) is 13.2. The number of carbonyl (C=O) groups is 2. The molecule has 0 aromatic carbocycles. The van der Waals surface area contributed by atoms with Crippen LogP contribution in [-0.2, 0) is 9.59 Å². The van der Waals surface area contributed by atoms with Gasteiger partial charge in [-0.3, -0.25) is 9.59 Å². The molecule has 5 heteroatoms. The first-order chi connectivity index (χ1) is 8.63. The third-order valence-electron chi connectivity index (χ3n) is 3.03. The van der Waals surface area contributed by atoms with Crippen molar-refractivity contribution in [3.05, 3.63) is 0 Å². The van der Waals surface area contributed by atoms with Gasteiger partial charge in [0.1, 0.15) is 0 Å². The Balaban J connectivity index is -0.00000144. The number of aliphatic carboxylic acids is 2. The van der Waals surface area contributed by atoms with E-state index in [2.05, 4.69) is 0 Å². The zero-order valence-corrected chi connectivity index (χ0v) is 15.3. The summed E-state index contributed by atoms with van der Waals surface area (Å²) < 4.78 is 0. The van der Waals surface area contributed by atoms with Crippen LogP contribution < -0.4 is 51.4 Å². The Morgan fingerprint density at radius 1 is 0.579 bits per heavy atom. The van der Waals surface area contributed by atoms with Gasteiger partial charge in [0.15, 0.2) is 0 Å². The summed E-state index contributed by atoms with van der Waals surface area (Å²) in [5.41, 5.74) is 0. The first kappa shape index (κ1) is 21.9. The Labute approximate surface area is 160 Å². The van der Waals surface area contributed by atoms with Crippen LogP contribution >= 0.6 is 0 Å². The van der Waals surface area contributed by atoms with Gasteiger partial charge < -0.3 is 11.6 Å². The molecule has 4 nitrogen and oxygen atoms in total. The average Bonchev–Trinajstić information content (AvgIpc) is 2.29. The van der Waals surface area contributed by atoms with Crippen molar-refractivity contribution in [3.8, 4) is 0 Å². The molecule has 0 fully saturated rings. The van der Waals surface area contributed by atoms with Gasteiger partial charge in [-0.05, 0) is 12.8 Å². The fraction of sp³-hybridized carbons (Fsp3) is 0.857. The summed E-state index contributed by atoms with van der Waals surface area (Å²) in [5, 5.41) is 16.9. The van der Waals surface area contributed by atoms with Gasteiger partial charge in [0, 0.05) is 12.8 Å². The molecule has 0 aliphatic heterocycles. The van der Waals surface area contributed by atoms with Crippen LogP contribution in [0.3, 0.4) is 0 Å². The van der Waals surface area contributed by atoms with E-state index in [1.165, 1.54) is 25.7 Å². The molecule has 0 amide bonds. The summed E-state index contributed by atoms with van der Waals surface area (Å²) in [6.45, 7) is 0. The third-order valence-corrected chi connectivity index (χ3v) is 3.03. The summed E-state index contributed by atoms with van der Waals surface area (Å²) in [4.78, 5) is 20.5. The maximum atomic E-state index is 10.3. The zero-order chi connectivity index (χ0) is 13.6. The van der Waals surface area contributed by atoms with Gasteiger partial charge in [0.2, 0.25) is 0 Å². The minimum Gasteiger partial charge on any atom is -1.00 e. The van der Waals surface area contributed by atoms with Crippen LogP contribution in [0.4, 0.5) is 0 Å². The molecule has 0 aliphatic carbocycles. The van der Waals surface area contributed by atoms with E-state index in [1.54, 1.807) is 0 Å². The van der Waals surface area contributed by atoms with Gasteiger partial charge in [-0.15, -0.1) is 0 Å². The fourth-order valence-electron chi connectivity index (χ4n) is 1.97. The molecule has 0 radical (unpaired) electrons. The number of carboxylic acids is 2. The predicted molar refractivity (Wildman–Crippen MR) is 71.8 cm³/mol. The van der Waals surface area contributed by atoms with E-state index in [-0.39, 0.29) is 52.8 Å². The second-order valence-electron chi connectivity index (χ2n) is 4.82. The minimum absolute atomic E-state index is 0. The molecule has 0 atom stereocenters. The Kier molecular flexibility index (Phi) is 19.1. The number of hydrogen-bond acceptors (Lipinski definition) is 2. The minimum atomic E-state index is -0.698. The van der Waals surface area contributed by atoms with Crippen molar-refractivity contribution in [2.45, 2.75) is 77.0 Å². The molecule has 0 saturated heterocycles. The van der Waals surface area contributed by atoms with Crippen LogP contribution in [0.2, 0.25) is 0 Å². The Morgan fingerprint density at radius 2 is 0.789 bits per heavy atom. The van der Waals surface area contributed by atoms with Gasteiger partial charge in [-0.25, -0.2) is 0 Å². The van der Waals surface area contributed by atoms with Crippen molar-refractivity contribution in [3.63, 3.8) is 0 Å². The summed E-state index contributed by atoms with van der Waals surface area (Å²) in [6, 6.07) is 0. The standard InChI is InChI=1S/C14H26O4.K.H/c15-13(16)11-9-7-5-3-1-2-4-6-8-10-12-14(17)18;;/h1-12H2,(H,15,16)(H,17,18);;/q;+1;-1. The molecule has 0 aromatic heterocycles. The summed E-state index contributed by atoms with van der Waals surface area (Å²) in [7, 11) is 0. The quantitative estimate of drug-likeness (QED) is 0.392. The second-order valence-corrected chi connectivity index (χ2v) is 4.82. The molecule has 0 unspecified atom stereocenters. The van der Waals surface area contributed by atoms with Crippen LogP contribution in [0.5, 0.6) is 0 Å². The van der Waals surface area contributed by atoms with Crippen molar-refractivity contribution in [1.82, 2.24) is 0 Å². The second kappa shape index (κ2) is 16.6. The van der Waals surface area contributed by atoms with E-state index < -0.39 is 11.9 Å². The molecule has 0 heterocycles. The van der Waals surface area contributed by atoms with E-state index >= 15 is 0 Å². The molecular formula is C14H27KO4. The van der Waals surface area contributed by atoms with E-state index in [4.69, 9.17) is 10.2 Å². The predicted octanol–water partition coefficient (Wildman–Crippen LogP) is 0.953. The van der Waals surface area contributed by atoms with E-state index in [0.717, 1.165) is 38.5 Å². The van der Waals surface area contributed by atoms with Crippen molar-refractivity contribution in [1.29, 1.82) is 0 Å². The van der Waals surface area contributed by atoms with E-state index in [9.17, 15) is 9.59 Å². The van der Waals surface area contributed by atoms with Crippen molar-refractivity contribution < 1.29 is 72.6 Å². The van der Waals surface area contributed by atoms with Crippen LogP contribution in [0.15, 0.2) is 0 Å². The van der Waals surface area contributed by atoms with E-state index in [0.29, 0.717) is 12.8 Å². The van der Waals surface area contributed by atoms with Crippen LogP contribution in [0, 0.1) is 0 Å². The molecular weight excluding hydrogens is 271 g/mol. The first-order valence-corrected chi connectivity index (χ1v) is 7.06. The van der Waals surface area contributed by atoms with Crippen molar-refractivity contribution in [2.75, 3.05) is 0 Å². The molecule has 0 saturated carbocycles. The Morgan fingerprint density at radius 3 is 1.00 bits per heavy atom. The van der Waals surface area contributed by atoms with Gasteiger partial charge in [0.05, 0.1) is 0 Å². The summed E-state index contributed by atoms with van der Waals surface area (Å²) in [5.74, 6) is -1.40. The van der Waals surface area contributed by atoms with Gasteiger partial charge in [0.25, 0.3) is 0 Å². The average molecular weight is 298 g/mol. The SMILES string of the molecule is O=C(O)CCCCCCCCCCCCC(=O)O.[H-].[K+]. The molecule has 0 aromatic rings. The van der Waals surface area contributed by atoms with Crippen molar-refractivity contribution in [2.24, 2.45) is 0 Å². The van der Waals surface area contributed by atoms with Crippen LogP contribution in [0.1, 0.15) is 78.5 Å². The first-order valence-electron chi connectivity index (χ1n) is 7.06. The Hall–Kier alpha value is 0.576. The summed E-state index contributed by atoms with van der Waals surface area (Å²) >= 11 is 0. The molecule has 108 valence electrons. The maximum Gasteiger partial charge on any atom is 1.00 e. The largest absolute Gasteiger partial charge is 1.00 e. The number of rotatable bonds is 13. The van der Waals surface area contributed by atoms with Gasteiger partial charge in [-0.1, -0.05) is 51.4 Å². The normalized spacial score (nSPS) is 9.89. The number of carboxylic acid groups (broad SMARTS) is 2.